The number of alkyl halides is 2. The van der Waals surface area contributed by atoms with Crippen molar-refractivity contribution in [2.24, 2.45) is 71.0 Å². The van der Waals surface area contributed by atoms with Crippen LogP contribution in [0, 0.1) is 71.0 Å². The third kappa shape index (κ3) is 33.0. The van der Waals surface area contributed by atoms with E-state index in [1.807, 2.05) is 30.4 Å². The summed E-state index contributed by atoms with van der Waals surface area (Å²) in [5.74, 6) is 1.47. The third-order valence-electron chi connectivity index (χ3n) is 35.1. The summed E-state index contributed by atoms with van der Waals surface area (Å²) in [6.45, 7) is 66.7. The van der Waals surface area contributed by atoms with E-state index in [1.165, 1.54) is 14.2 Å². The molecule has 0 aromatic heterocycles. The number of aliphatic hydroxyl groups is 1. The van der Waals surface area contributed by atoms with E-state index in [-0.39, 0.29) is 245 Å². The van der Waals surface area contributed by atoms with E-state index in [4.69, 9.17) is 88.9 Å². The molecular formula is C115H184Cl2O22S2Si2. The topological polar surface area (TPSA) is 269 Å². The summed E-state index contributed by atoms with van der Waals surface area (Å²) in [6.07, 6.45) is 20.8. The van der Waals surface area contributed by atoms with E-state index in [0.29, 0.717) is 60.2 Å². The van der Waals surface area contributed by atoms with Crippen molar-refractivity contribution in [2.45, 2.75) is 465 Å². The van der Waals surface area contributed by atoms with E-state index in [0.717, 1.165) is 125 Å². The Bertz CT molecular complexity index is 4690. The molecule has 10 fully saturated rings. The summed E-state index contributed by atoms with van der Waals surface area (Å²) in [5.41, 5.74) is 4.26. The van der Waals surface area contributed by atoms with Crippen LogP contribution in [0.4, 0.5) is 0 Å². The average molecular weight is 2110 g/mol. The van der Waals surface area contributed by atoms with Crippen molar-refractivity contribution in [1.82, 2.24) is 0 Å². The van der Waals surface area contributed by atoms with Gasteiger partial charge in [0, 0.05) is 31.1 Å². The molecule has 0 spiro atoms. The predicted molar refractivity (Wildman–Crippen MR) is 575 cm³/mol. The molecule has 810 valence electrons. The molecule has 0 amide bonds. The fourth-order valence-corrected chi connectivity index (χ4v) is 28.8. The molecule has 0 aliphatic carbocycles. The predicted octanol–water partition coefficient (Wildman–Crippen LogP) is 24.4. The standard InChI is InChI=1S/C57H92O11SSi.C57H90O11SSi.CH2Cl2/c2*1-15-35(2)29-51-41(8)47(34-69(60,61)46-19-17-16-18-20-46)53(66-51)33-52-38(5)36(3)30-44(64-52)24-27-48-37(4)31-43(63-48)23-21-42(58)22-26-50(68-70(13,14)57(9,10)11)56-40(7)39(6)55-49(67-56)28-25-45(65-55)32-54(59)62-12;2-1-3/h16-20,22,26,35-36,39-45,47-53,55-56,58H,4-5,15,21,23-25,27-34H2,1-3,6-14H3;16-20,22,26,35-36,39-41,43-45,47-53,55-56H,4-5,15,21,23-25,27-34H2,1-3,6-14H3;1H2/b2*26-22+;/t35-,36-,39-,40+,41-,42?,43+,44+,45-,47-,48?,49?,50+,51-,52-,53?,55?,56-;35-,36-,39-,40+,41-,43+,44+,45-,47-,48?,49?,50+,51-,52-,53?,55?,56-;/m11./s1. The first-order chi connectivity index (χ1) is 67.2. The molecule has 10 aliphatic heterocycles. The monoisotopic (exact) mass is 2110 g/mol. The number of sulfone groups is 2. The highest BCUT2D eigenvalue weighted by Crippen LogP contribution is 2.51. The number of ether oxygens (including phenoxy) is 12. The zero-order chi connectivity index (χ0) is 105. The third-order valence-corrected chi connectivity index (χ3v) is 47.7. The summed E-state index contributed by atoms with van der Waals surface area (Å²) in [4.78, 5) is 38.5. The zero-order valence-electron chi connectivity index (χ0n) is 91.3. The molecule has 10 saturated heterocycles. The minimum Gasteiger partial charge on any atom is -0.469 e. The minimum absolute atomic E-state index is 0.00364. The maximum Gasteiger partial charge on any atom is 0.308 e. The number of rotatable bonds is 42. The summed E-state index contributed by atoms with van der Waals surface area (Å²) >= 11 is 9.53. The van der Waals surface area contributed by atoms with Gasteiger partial charge in [0.1, 0.15) is 0 Å². The lowest BCUT2D eigenvalue weighted by Crippen LogP contribution is -2.58. The quantitative estimate of drug-likeness (QED) is 0.0213. The van der Waals surface area contributed by atoms with Gasteiger partial charge in [-0.15, -0.1) is 23.2 Å². The van der Waals surface area contributed by atoms with Gasteiger partial charge in [-0.05, 0) is 257 Å². The Kier molecular flexibility index (Phi) is 45.5. The number of carbonyl (C=O) groups excluding carboxylic acids is 3. The molecule has 9 unspecified atom stereocenters. The van der Waals surface area contributed by atoms with Crippen LogP contribution < -0.4 is 0 Å². The number of aliphatic hydroxyl groups excluding tert-OH is 1. The van der Waals surface area contributed by atoms with Gasteiger partial charge in [-0.3, -0.25) is 14.4 Å². The SMILES string of the molecule is C=C1C[C@H](CCC(=O)/C=C/[C@H](O[Si](C)(C)C(C)(C)C)[C@@H]2OC3CC[C@H](CC(=O)OC)OC3[C@H](C)[C@@H]2C)OC1CC[C@H]1C[C@@H](C)C(=C)[C@@H](CC2O[C@H](C[C@H](C)CC)[C@H](C)[C@H]2CS(=O)(=O)c2ccccc2)O1.C=C1C[C@H](CCC(O)/C=C/[C@H](O[Si](C)(C)C(C)(C)C)[C@@H]2OC3CC[C@H](CC(=O)OC)OC3[C@H](C)[C@@H]2C)OC1CC[C@H]1C[C@@H](C)C(=C)[C@@H](CC2O[C@H](C[C@H](C)CC)[C@H](C)[C@H]2CS(=O)(=O)c2ccccc2)O1.ClCCl. The molecule has 35 atom stereocenters. The van der Waals surface area contributed by atoms with Gasteiger partial charge in [0.2, 0.25) is 0 Å². The molecule has 22 nitrogen and oxygen atoms in total. The van der Waals surface area contributed by atoms with E-state index in [2.05, 4.69) is 177 Å². The Labute approximate surface area is 874 Å². The Morgan fingerprint density at radius 1 is 0.476 bits per heavy atom. The molecule has 0 saturated carbocycles. The molecular weight excluding hydrogens is 1920 g/mol. The molecule has 28 heteroatoms. The number of hydrogen-bond donors (Lipinski definition) is 1. The summed E-state index contributed by atoms with van der Waals surface area (Å²) < 4.78 is 146. The van der Waals surface area contributed by atoms with Crippen LogP contribution in [0.25, 0.3) is 0 Å². The van der Waals surface area contributed by atoms with E-state index in [9.17, 15) is 36.3 Å². The maximum atomic E-state index is 13.8. The molecule has 1 N–H and O–H groups in total. The summed E-state index contributed by atoms with van der Waals surface area (Å²) in [6, 6.07) is 17.6. The van der Waals surface area contributed by atoms with Crippen molar-refractivity contribution in [3.8, 4) is 0 Å². The number of halogens is 2. The van der Waals surface area contributed by atoms with Crippen LogP contribution in [0.2, 0.25) is 36.3 Å². The van der Waals surface area contributed by atoms with Gasteiger partial charge in [0.25, 0.3) is 0 Å². The van der Waals surface area contributed by atoms with Crippen LogP contribution in [-0.4, -0.2) is 228 Å². The summed E-state index contributed by atoms with van der Waals surface area (Å²) in [5, 5.41) is 11.6. The number of esters is 2. The van der Waals surface area contributed by atoms with Crippen LogP contribution in [0.15, 0.2) is 143 Å². The number of carbonyl (C=O) groups is 3. The Hall–Kier alpha value is -4.12. The second-order valence-electron chi connectivity index (χ2n) is 47.5. The number of benzene rings is 2. The number of ketones is 1. The highest BCUT2D eigenvalue weighted by molar-refractivity contribution is 7.91. The van der Waals surface area contributed by atoms with Crippen LogP contribution in [0.5, 0.6) is 0 Å². The molecule has 12 rings (SSSR count). The van der Waals surface area contributed by atoms with Gasteiger partial charge in [0.05, 0.1) is 194 Å². The summed E-state index contributed by atoms with van der Waals surface area (Å²) in [7, 11) is -8.74. The lowest BCUT2D eigenvalue weighted by molar-refractivity contribution is -0.238. The molecule has 0 bridgehead atoms. The van der Waals surface area contributed by atoms with Crippen molar-refractivity contribution in [3.63, 3.8) is 0 Å². The van der Waals surface area contributed by atoms with Crippen molar-refractivity contribution in [2.75, 3.05) is 31.1 Å². The van der Waals surface area contributed by atoms with Gasteiger partial charge >= 0.3 is 11.9 Å². The molecule has 10 heterocycles. The lowest BCUT2D eigenvalue weighted by atomic mass is 9.77. The van der Waals surface area contributed by atoms with Gasteiger partial charge in [0.15, 0.2) is 42.1 Å². The van der Waals surface area contributed by atoms with Crippen LogP contribution in [0.1, 0.15) is 279 Å². The second-order valence-corrected chi connectivity index (χ2v) is 61.9. The normalized spacial score (nSPS) is 34.8. The highest BCUT2D eigenvalue weighted by Gasteiger charge is 2.55. The maximum absolute atomic E-state index is 13.8. The minimum atomic E-state index is -3.52. The van der Waals surface area contributed by atoms with E-state index >= 15 is 0 Å². The fraction of sp³-hybridized carbons (Fsp3) is 0.765. The average Bonchev–Trinajstić information content (AvgIpc) is 1.75. The molecule has 0 radical (unpaired) electrons. The number of allylic oxidation sites excluding steroid dienone is 1. The molecule has 2 aromatic carbocycles. The first-order valence-corrected chi connectivity index (χ1v) is 64.4. The first kappa shape index (κ1) is 121. The van der Waals surface area contributed by atoms with Crippen LogP contribution >= 0.6 is 23.2 Å². The number of hydrogen-bond acceptors (Lipinski definition) is 22. The number of methoxy groups -OCH3 is 2. The van der Waals surface area contributed by atoms with Crippen molar-refractivity contribution < 1.29 is 102 Å². The fourth-order valence-electron chi connectivity index (χ4n) is 22.8. The van der Waals surface area contributed by atoms with Crippen molar-refractivity contribution in [1.29, 1.82) is 0 Å². The largest absolute Gasteiger partial charge is 0.469 e. The lowest BCUT2D eigenvalue weighted by Gasteiger charge is -2.51. The second kappa shape index (κ2) is 53.9. The van der Waals surface area contributed by atoms with Gasteiger partial charge in [-0.25, -0.2) is 16.8 Å². The van der Waals surface area contributed by atoms with Gasteiger partial charge in [-0.1, -0.05) is 218 Å². The smallest absolute Gasteiger partial charge is 0.308 e. The van der Waals surface area contributed by atoms with Crippen molar-refractivity contribution in [3.05, 3.63) is 134 Å². The zero-order valence-corrected chi connectivity index (χ0v) is 96.4. The van der Waals surface area contributed by atoms with Gasteiger partial charge < -0.3 is 70.8 Å². The van der Waals surface area contributed by atoms with Crippen molar-refractivity contribution >= 4 is 77.2 Å². The molecule has 2 aromatic rings. The van der Waals surface area contributed by atoms with E-state index in [1.54, 1.807) is 54.6 Å². The Morgan fingerprint density at radius 3 is 1.23 bits per heavy atom. The highest BCUT2D eigenvalue weighted by atomic mass is 35.5. The molecule has 143 heavy (non-hydrogen) atoms. The molecule has 10 aliphatic rings. The van der Waals surface area contributed by atoms with Crippen LogP contribution in [0.3, 0.4) is 0 Å². The van der Waals surface area contributed by atoms with Crippen LogP contribution in [-0.2, 0) is 99.8 Å². The van der Waals surface area contributed by atoms with Gasteiger partial charge in [-0.2, -0.15) is 0 Å². The number of fused-ring (bicyclic) bond motifs is 2. The van der Waals surface area contributed by atoms with E-state index < -0.39 is 48.5 Å². The first-order valence-electron chi connectivity index (χ1n) is 54.2. The Morgan fingerprint density at radius 2 is 0.853 bits per heavy atom. The Balaban J connectivity index is 0.000000286.